The van der Waals surface area contributed by atoms with Gasteiger partial charge in [-0.2, -0.15) is 0 Å². The molecule has 1 aliphatic heterocycles. The number of para-hydroxylation sites is 1. The van der Waals surface area contributed by atoms with Crippen LogP contribution < -0.4 is 0 Å². The number of furan rings is 1. The zero-order chi connectivity index (χ0) is 21.4. The molecule has 1 saturated heterocycles. The average Bonchev–Trinajstić information content (AvgIpc) is 2.97. The summed E-state index contributed by atoms with van der Waals surface area (Å²) in [4.78, 5) is 28.4. The molecule has 9 heteroatoms. The van der Waals surface area contributed by atoms with Crippen molar-refractivity contribution in [1.29, 1.82) is 0 Å². The van der Waals surface area contributed by atoms with Crippen molar-refractivity contribution >= 4 is 32.8 Å². The van der Waals surface area contributed by atoms with Crippen molar-refractivity contribution in [3.63, 3.8) is 0 Å². The van der Waals surface area contributed by atoms with Gasteiger partial charge < -0.3 is 19.0 Å². The molecule has 0 radical (unpaired) electrons. The molecular formula is C20H26N2O6S. The second-order valence-corrected chi connectivity index (χ2v) is 10.4. The Kier molecular flexibility index (Phi) is 5.62. The van der Waals surface area contributed by atoms with Gasteiger partial charge in [0.1, 0.15) is 11.2 Å². The SMILES string of the molecule is CC(C)(C)OC(=O)N1CCN(C(=O)c2oc3ccccc3c2CS(C)(=O)=O)CC1. The summed E-state index contributed by atoms with van der Waals surface area (Å²) in [6.45, 7) is 6.70. The molecule has 1 fully saturated rings. The molecule has 2 amide bonds. The van der Waals surface area contributed by atoms with Crippen LogP contribution in [-0.2, 0) is 20.3 Å². The highest BCUT2D eigenvalue weighted by atomic mass is 32.2. The number of sulfone groups is 1. The van der Waals surface area contributed by atoms with Crippen molar-refractivity contribution in [2.45, 2.75) is 32.1 Å². The van der Waals surface area contributed by atoms with Gasteiger partial charge in [0.05, 0.1) is 5.75 Å². The van der Waals surface area contributed by atoms with Crippen molar-refractivity contribution in [3.05, 3.63) is 35.6 Å². The van der Waals surface area contributed by atoms with Gasteiger partial charge in [-0.3, -0.25) is 4.79 Å². The summed E-state index contributed by atoms with van der Waals surface area (Å²) in [5, 5.41) is 0.619. The Balaban J connectivity index is 1.79. The fraction of sp³-hybridized carbons (Fsp3) is 0.500. The Morgan fingerprint density at radius 2 is 1.66 bits per heavy atom. The number of benzene rings is 1. The van der Waals surface area contributed by atoms with Gasteiger partial charge >= 0.3 is 6.09 Å². The number of fused-ring (bicyclic) bond motifs is 1. The summed E-state index contributed by atoms with van der Waals surface area (Å²) >= 11 is 0. The number of ether oxygens (including phenoxy) is 1. The minimum Gasteiger partial charge on any atom is -0.451 e. The third kappa shape index (κ3) is 5.09. The Morgan fingerprint density at radius 3 is 2.24 bits per heavy atom. The lowest BCUT2D eigenvalue weighted by Gasteiger charge is -2.35. The van der Waals surface area contributed by atoms with Crippen LogP contribution in [0, 0.1) is 0 Å². The number of carbonyl (C=O) groups is 2. The Bertz CT molecular complexity index is 1030. The molecule has 2 heterocycles. The van der Waals surface area contributed by atoms with Crippen LogP contribution in [0.5, 0.6) is 0 Å². The molecule has 0 bridgehead atoms. The molecule has 2 aromatic rings. The molecule has 8 nitrogen and oxygen atoms in total. The van der Waals surface area contributed by atoms with Gasteiger partial charge in [-0.25, -0.2) is 13.2 Å². The van der Waals surface area contributed by atoms with Crippen LogP contribution in [0.2, 0.25) is 0 Å². The molecule has 1 aromatic carbocycles. The van der Waals surface area contributed by atoms with E-state index in [4.69, 9.17) is 9.15 Å². The highest BCUT2D eigenvalue weighted by Gasteiger charge is 2.31. The highest BCUT2D eigenvalue weighted by molar-refractivity contribution is 7.89. The van der Waals surface area contributed by atoms with Crippen molar-refractivity contribution in [1.82, 2.24) is 9.80 Å². The first kappa shape index (κ1) is 21.2. The van der Waals surface area contributed by atoms with Crippen LogP contribution in [0.25, 0.3) is 11.0 Å². The Morgan fingerprint density at radius 1 is 1.07 bits per heavy atom. The number of amides is 2. The number of carbonyl (C=O) groups excluding carboxylic acids is 2. The van der Waals surface area contributed by atoms with E-state index >= 15 is 0 Å². The first-order valence-electron chi connectivity index (χ1n) is 9.40. The Labute approximate surface area is 170 Å². The maximum absolute atomic E-state index is 13.1. The van der Waals surface area contributed by atoms with Crippen LogP contribution >= 0.6 is 0 Å². The van der Waals surface area contributed by atoms with Gasteiger partial charge in [-0.1, -0.05) is 18.2 Å². The normalized spacial score (nSPS) is 15.6. The summed E-state index contributed by atoms with van der Waals surface area (Å²) < 4.78 is 34.9. The molecule has 0 unspecified atom stereocenters. The summed E-state index contributed by atoms with van der Waals surface area (Å²) in [6.07, 6.45) is 0.717. The minimum absolute atomic E-state index is 0.0438. The number of hydrogen-bond donors (Lipinski definition) is 0. The van der Waals surface area contributed by atoms with Crippen LogP contribution in [0.4, 0.5) is 4.79 Å². The molecule has 158 valence electrons. The van der Waals surface area contributed by atoms with Crippen molar-refractivity contribution in [2.75, 3.05) is 32.4 Å². The number of nitrogens with zero attached hydrogens (tertiary/aromatic N) is 2. The molecule has 0 atom stereocenters. The first-order chi connectivity index (χ1) is 13.4. The molecule has 3 rings (SSSR count). The molecule has 0 saturated carbocycles. The van der Waals surface area contributed by atoms with Gasteiger partial charge in [-0.15, -0.1) is 0 Å². The van der Waals surface area contributed by atoms with E-state index in [0.29, 0.717) is 42.7 Å². The summed E-state index contributed by atoms with van der Waals surface area (Å²) in [6, 6.07) is 7.00. The topological polar surface area (TPSA) is 97.1 Å². The number of rotatable bonds is 3. The summed E-state index contributed by atoms with van der Waals surface area (Å²) in [5.74, 6) is -0.603. The van der Waals surface area contributed by atoms with E-state index in [-0.39, 0.29) is 17.4 Å². The predicted octanol–water partition coefficient (Wildman–Crippen LogP) is 2.67. The van der Waals surface area contributed by atoms with Crippen molar-refractivity contribution < 1.29 is 27.2 Å². The molecule has 1 aromatic heterocycles. The minimum atomic E-state index is -3.36. The zero-order valence-corrected chi connectivity index (χ0v) is 17.9. The van der Waals surface area contributed by atoms with Gasteiger partial charge in [-0.05, 0) is 26.8 Å². The first-order valence-corrected chi connectivity index (χ1v) is 11.5. The molecule has 0 spiro atoms. The van der Waals surface area contributed by atoms with Gasteiger partial charge in [0, 0.05) is 43.4 Å². The van der Waals surface area contributed by atoms with Crippen LogP contribution in [0.15, 0.2) is 28.7 Å². The third-order valence-electron chi connectivity index (χ3n) is 4.52. The second-order valence-electron chi connectivity index (χ2n) is 8.24. The summed E-state index contributed by atoms with van der Waals surface area (Å²) in [5.41, 5.74) is 0.267. The van der Waals surface area contributed by atoms with Crippen LogP contribution in [0.1, 0.15) is 36.9 Å². The lowest BCUT2D eigenvalue weighted by atomic mass is 10.1. The monoisotopic (exact) mass is 422 g/mol. The van der Waals surface area contributed by atoms with E-state index in [1.54, 1.807) is 54.8 Å². The summed E-state index contributed by atoms with van der Waals surface area (Å²) in [7, 11) is -3.36. The van der Waals surface area contributed by atoms with E-state index in [9.17, 15) is 18.0 Å². The van der Waals surface area contributed by atoms with Gasteiger partial charge in [0.25, 0.3) is 5.91 Å². The van der Waals surface area contributed by atoms with Crippen molar-refractivity contribution in [2.24, 2.45) is 0 Å². The quantitative estimate of drug-likeness (QED) is 0.754. The van der Waals surface area contributed by atoms with E-state index in [0.717, 1.165) is 6.26 Å². The lowest BCUT2D eigenvalue weighted by Crippen LogP contribution is -2.51. The maximum Gasteiger partial charge on any atom is 0.410 e. The average molecular weight is 423 g/mol. The van der Waals surface area contributed by atoms with Gasteiger partial charge in [0.15, 0.2) is 15.6 Å². The smallest absolute Gasteiger partial charge is 0.410 e. The highest BCUT2D eigenvalue weighted by Crippen LogP contribution is 2.29. The maximum atomic E-state index is 13.1. The molecular weight excluding hydrogens is 396 g/mol. The molecule has 29 heavy (non-hydrogen) atoms. The van der Waals surface area contributed by atoms with E-state index in [1.165, 1.54) is 0 Å². The zero-order valence-electron chi connectivity index (χ0n) is 17.1. The lowest BCUT2D eigenvalue weighted by molar-refractivity contribution is 0.0137. The fourth-order valence-electron chi connectivity index (χ4n) is 3.24. The Hall–Kier alpha value is -2.55. The molecule has 0 aliphatic carbocycles. The van der Waals surface area contributed by atoms with Crippen LogP contribution in [0.3, 0.4) is 0 Å². The van der Waals surface area contributed by atoms with E-state index in [1.807, 2.05) is 0 Å². The number of hydrogen-bond acceptors (Lipinski definition) is 6. The standard InChI is InChI=1S/C20H26N2O6S/c1-20(2,3)28-19(24)22-11-9-21(10-12-22)18(23)17-15(13-29(4,25)26)14-7-5-6-8-16(14)27-17/h5-8H,9-13H2,1-4H3. The largest absolute Gasteiger partial charge is 0.451 e. The van der Waals surface area contributed by atoms with E-state index < -0.39 is 21.5 Å². The van der Waals surface area contributed by atoms with E-state index in [2.05, 4.69) is 0 Å². The second kappa shape index (κ2) is 7.70. The van der Waals surface area contributed by atoms with Crippen molar-refractivity contribution in [3.8, 4) is 0 Å². The molecule has 0 N–H and O–H groups in total. The fourth-order valence-corrected chi connectivity index (χ4v) is 4.05. The van der Waals surface area contributed by atoms with Crippen LogP contribution in [-0.4, -0.2) is 68.3 Å². The third-order valence-corrected chi connectivity index (χ3v) is 5.33. The number of piperazine rings is 1. The molecule has 1 aliphatic rings. The van der Waals surface area contributed by atoms with Gasteiger partial charge in [0.2, 0.25) is 0 Å². The predicted molar refractivity (Wildman–Crippen MR) is 108 cm³/mol.